The minimum absolute atomic E-state index is 0.0125. The maximum atomic E-state index is 13.4. The van der Waals surface area contributed by atoms with Gasteiger partial charge in [-0.2, -0.15) is 0 Å². The van der Waals surface area contributed by atoms with Crippen molar-refractivity contribution in [2.24, 2.45) is 5.92 Å². The molecule has 0 aromatic heterocycles. The summed E-state index contributed by atoms with van der Waals surface area (Å²) in [5, 5.41) is 12.9. The predicted molar refractivity (Wildman–Crippen MR) is 73.7 cm³/mol. The molecule has 0 heterocycles. The van der Waals surface area contributed by atoms with Gasteiger partial charge in [0.2, 0.25) is 0 Å². The Labute approximate surface area is 117 Å². The van der Waals surface area contributed by atoms with Crippen molar-refractivity contribution in [1.82, 2.24) is 5.32 Å². The van der Waals surface area contributed by atoms with Gasteiger partial charge in [-0.05, 0) is 30.5 Å². The molecule has 0 saturated carbocycles. The Morgan fingerprint density at radius 1 is 1.22 bits per heavy atom. The summed E-state index contributed by atoms with van der Waals surface area (Å²) in [5.41, 5.74) is 0.637. The Hall–Kier alpha value is -0.350. The molecule has 0 aliphatic heterocycles. The van der Waals surface area contributed by atoms with Crippen molar-refractivity contribution in [3.63, 3.8) is 0 Å². The van der Waals surface area contributed by atoms with E-state index in [2.05, 4.69) is 5.32 Å². The molecule has 0 saturated heterocycles. The Balaban J connectivity index is 2.90. The van der Waals surface area contributed by atoms with Crippen LogP contribution in [0.25, 0.3) is 0 Å². The minimum atomic E-state index is -0.491. The molecule has 0 aliphatic carbocycles. The highest BCUT2D eigenvalue weighted by atomic mass is 35.5. The first-order chi connectivity index (χ1) is 8.36. The van der Waals surface area contributed by atoms with Crippen molar-refractivity contribution >= 4 is 23.2 Å². The lowest BCUT2D eigenvalue weighted by atomic mass is 10.0. The highest BCUT2D eigenvalue weighted by Gasteiger charge is 2.18. The van der Waals surface area contributed by atoms with Gasteiger partial charge < -0.3 is 10.4 Å². The molecule has 1 aromatic rings. The number of hydrogen-bond donors (Lipinski definition) is 2. The zero-order chi connectivity index (χ0) is 13.9. The first-order valence-corrected chi connectivity index (χ1v) is 6.63. The second-order valence-corrected chi connectivity index (χ2v) is 5.52. The average Bonchev–Trinajstić information content (AvgIpc) is 2.29. The van der Waals surface area contributed by atoms with E-state index >= 15 is 0 Å². The van der Waals surface area contributed by atoms with Crippen LogP contribution in [0, 0.1) is 11.7 Å². The molecule has 0 amide bonds. The van der Waals surface area contributed by atoms with E-state index in [0.717, 1.165) is 0 Å². The molecule has 5 heteroatoms. The van der Waals surface area contributed by atoms with Gasteiger partial charge >= 0.3 is 0 Å². The van der Waals surface area contributed by atoms with E-state index in [4.69, 9.17) is 23.2 Å². The van der Waals surface area contributed by atoms with Gasteiger partial charge in [0.05, 0.1) is 11.6 Å². The monoisotopic (exact) mass is 293 g/mol. The van der Waals surface area contributed by atoms with E-state index in [1.54, 1.807) is 0 Å². The molecular formula is C13H18Cl2FNO. The number of nitrogens with one attached hydrogen (secondary N) is 1. The van der Waals surface area contributed by atoms with Crippen LogP contribution in [0.15, 0.2) is 12.1 Å². The largest absolute Gasteiger partial charge is 0.395 e. The highest BCUT2D eigenvalue weighted by Crippen LogP contribution is 2.29. The van der Waals surface area contributed by atoms with Crippen LogP contribution >= 0.6 is 23.2 Å². The number of aliphatic hydroxyl groups excluding tert-OH is 1. The fourth-order valence-corrected chi connectivity index (χ4v) is 2.28. The molecule has 2 N–H and O–H groups in total. The van der Waals surface area contributed by atoms with Gasteiger partial charge in [0.15, 0.2) is 0 Å². The van der Waals surface area contributed by atoms with Gasteiger partial charge in [-0.25, -0.2) is 4.39 Å². The topological polar surface area (TPSA) is 32.3 Å². The van der Waals surface area contributed by atoms with Crippen LogP contribution in [0.1, 0.15) is 32.4 Å². The van der Waals surface area contributed by atoms with E-state index < -0.39 is 5.82 Å². The van der Waals surface area contributed by atoms with E-state index in [1.807, 2.05) is 20.8 Å². The quantitative estimate of drug-likeness (QED) is 0.810. The predicted octanol–water partition coefficient (Wildman–Crippen LogP) is 3.80. The number of rotatable bonds is 5. The number of hydrogen-bond acceptors (Lipinski definition) is 2. The molecule has 18 heavy (non-hydrogen) atoms. The summed E-state index contributed by atoms with van der Waals surface area (Å²) < 4.78 is 13.4. The van der Waals surface area contributed by atoms with Crippen LogP contribution in [0.2, 0.25) is 10.0 Å². The first-order valence-electron chi connectivity index (χ1n) is 5.88. The Kier molecular flexibility index (Phi) is 5.86. The van der Waals surface area contributed by atoms with Gasteiger partial charge in [0, 0.05) is 17.1 Å². The number of halogens is 3. The normalized spacial score (nSPS) is 14.9. The third-order valence-electron chi connectivity index (χ3n) is 2.97. The molecular weight excluding hydrogens is 276 g/mol. The summed E-state index contributed by atoms with van der Waals surface area (Å²) in [7, 11) is 0. The summed E-state index contributed by atoms with van der Waals surface area (Å²) in [6.07, 6.45) is 0. The second kappa shape index (κ2) is 6.71. The maximum absolute atomic E-state index is 13.4. The summed E-state index contributed by atoms with van der Waals surface area (Å²) >= 11 is 11.7. The fourth-order valence-electron chi connectivity index (χ4n) is 1.74. The molecule has 0 fully saturated rings. The van der Waals surface area contributed by atoms with Crippen molar-refractivity contribution in [1.29, 1.82) is 0 Å². The van der Waals surface area contributed by atoms with Crippen molar-refractivity contribution in [2.45, 2.75) is 32.9 Å². The number of benzene rings is 1. The molecule has 1 rings (SSSR count). The summed E-state index contributed by atoms with van der Waals surface area (Å²) in [5.74, 6) is -0.219. The lowest BCUT2D eigenvalue weighted by Gasteiger charge is -2.25. The molecule has 2 nitrogen and oxygen atoms in total. The van der Waals surface area contributed by atoms with Crippen LogP contribution < -0.4 is 5.32 Å². The molecule has 0 aliphatic rings. The van der Waals surface area contributed by atoms with Gasteiger partial charge in [0.25, 0.3) is 0 Å². The molecule has 1 unspecified atom stereocenters. The lowest BCUT2D eigenvalue weighted by Crippen LogP contribution is -2.38. The van der Waals surface area contributed by atoms with Crippen LogP contribution in [0.3, 0.4) is 0 Å². The van der Waals surface area contributed by atoms with Crippen LogP contribution in [0.4, 0.5) is 4.39 Å². The van der Waals surface area contributed by atoms with Crippen molar-refractivity contribution in [3.8, 4) is 0 Å². The molecule has 2 atom stereocenters. The zero-order valence-electron chi connectivity index (χ0n) is 10.7. The average molecular weight is 294 g/mol. The van der Waals surface area contributed by atoms with E-state index in [9.17, 15) is 9.50 Å². The molecule has 0 radical (unpaired) electrons. The summed E-state index contributed by atoms with van der Waals surface area (Å²) in [4.78, 5) is 0. The third kappa shape index (κ3) is 3.82. The Morgan fingerprint density at radius 3 is 2.33 bits per heavy atom. The van der Waals surface area contributed by atoms with Crippen molar-refractivity contribution in [3.05, 3.63) is 33.6 Å². The minimum Gasteiger partial charge on any atom is -0.395 e. The van der Waals surface area contributed by atoms with Gasteiger partial charge in [0.1, 0.15) is 5.82 Å². The van der Waals surface area contributed by atoms with Crippen LogP contribution in [-0.2, 0) is 0 Å². The molecule has 1 aromatic carbocycles. The van der Waals surface area contributed by atoms with Crippen molar-refractivity contribution < 1.29 is 9.50 Å². The third-order valence-corrected chi connectivity index (χ3v) is 3.59. The standard InChI is InChI=1S/C13H18Cl2FNO/c1-7(2)13(6-18)17-8(3)9-4-12(16)11(15)5-10(9)14/h4-5,7-8,13,17-18H,6H2,1-3H3/t8?,13-/m1/s1. The number of aliphatic hydroxyl groups is 1. The van der Waals surface area contributed by atoms with Crippen LogP contribution in [0.5, 0.6) is 0 Å². The fraction of sp³-hybridized carbons (Fsp3) is 0.538. The molecule has 102 valence electrons. The lowest BCUT2D eigenvalue weighted by molar-refractivity contribution is 0.201. The highest BCUT2D eigenvalue weighted by molar-refractivity contribution is 6.35. The van der Waals surface area contributed by atoms with Crippen LogP contribution in [-0.4, -0.2) is 17.8 Å². The second-order valence-electron chi connectivity index (χ2n) is 4.71. The Morgan fingerprint density at radius 2 is 1.83 bits per heavy atom. The SMILES string of the molecule is CC(N[C@H](CO)C(C)C)c1cc(F)c(Cl)cc1Cl. The zero-order valence-corrected chi connectivity index (χ0v) is 12.2. The molecule has 0 spiro atoms. The maximum Gasteiger partial charge on any atom is 0.142 e. The first kappa shape index (κ1) is 15.7. The van der Waals surface area contributed by atoms with Gasteiger partial charge in [-0.3, -0.25) is 0 Å². The Bertz CT molecular complexity index is 412. The smallest absolute Gasteiger partial charge is 0.142 e. The van der Waals surface area contributed by atoms with Gasteiger partial charge in [-0.1, -0.05) is 37.0 Å². The van der Waals surface area contributed by atoms with Gasteiger partial charge in [-0.15, -0.1) is 0 Å². The van der Waals surface area contributed by atoms with E-state index in [0.29, 0.717) is 10.6 Å². The summed E-state index contributed by atoms with van der Waals surface area (Å²) in [6, 6.07) is 2.51. The van der Waals surface area contributed by atoms with E-state index in [-0.39, 0.29) is 29.6 Å². The summed E-state index contributed by atoms with van der Waals surface area (Å²) in [6.45, 7) is 5.91. The van der Waals surface area contributed by atoms with Crippen molar-refractivity contribution in [2.75, 3.05) is 6.61 Å². The van der Waals surface area contributed by atoms with E-state index in [1.165, 1.54) is 12.1 Å². The molecule has 0 bridgehead atoms.